The second-order valence-electron chi connectivity index (χ2n) is 9.81. The predicted molar refractivity (Wildman–Crippen MR) is 142 cm³/mol. The van der Waals surface area contributed by atoms with Crippen LogP contribution in [0, 0.1) is 5.82 Å². The molecule has 0 amide bonds. The van der Waals surface area contributed by atoms with Crippen molar-refractivity contribution in [1.82, 2.24) is 0 Å². The number of hydrogen-bond donors (Lipinski definition) is 2. The van der Waals surface area contributed by atoms with Crippen molar-refractivity contribution in [1.29, 1.82) is 0 Å². The number of Topliss-reactive ketones (excluding diaryl/α,β-unsaturated/α-hetero) is 1. The topological polar surface area (TPSA) is 87.8 Å². The van der Waals surface area contributed by atoms with E-state index >= 15 is 0 Å². The Balaban J connectivity index is 1.86. The zero-order valence-corrected chi connectivity index (χ0v) is 21.8. The fraction of sp³-hybridized carbons (Fsp3) is 0.370. The van der Waals surface area contributed by atoms with Gasteiger partial charge in [-0.25, -0.2) is 18.1 Å². The molecule has 8 heteroatoms. The van der Waals surface area contributed by atoms with Crippen molar-refractivity contribution in [3.05, 3.63) is 65.5 Å². The van der Waals surface area contributed by atoms with Gasteiger partial charge in [0.05, 0.1) is 10.9 Å². The van der Waals surface area contributed by atoms with E-state index in [0.29, 0.717) is 10.5 Å². The zero-order valence-electron chi connectivity index (χ0n) is 21.0. The molecule has 35 heavy (non-hydrogen) atoms. The molecule has 6 nitrogen and oxygen atoms in total. The summed E-state index contributed by atoms with van der Waals surface area (Å²) in [5.74, 6) is -1.20. The van der Waals surface area contributed by atoms with Gasteiger partial charge in [0.25, 0.3) is 0 Å². The number of anilines is 2. The second-order valence-corrected chi connectivity index (χ2v) is 11.6. The van der Waals surface area contributed by atoms with Crippen LogP contribution in [0.2, 0.25) is 0 Å². The molecule has 1 heterocycles. The number of ketones is 1. The zero-order chi connectivity index (χ0) is 25.7. The number of halogens is 1. The van der Waals surface area contributed by atoms with Gasteiger partial charge in [0.15, 0.2) is 5.78 Å². The molecule has 4 unspecified atom stereocenters. The van der Waals surface area contributed by atoms with E-state index in [1.165, 1.54) is 12.1 Å². The minimum atomic E-state index is -3.43. The highest BCUT2D eigenvalue weighted by molar-refractivity contribution is 7.91. The third-order valence-electron chi connectivity index (χ3n) is 6.74. The molecule has 0 spiro atoms. The molecule has 1 aliphatic rings. The van der Waals surface area contributed by atoms with Gasteiger partial charge in [-0.05, 0) is 48.2 Å². The van der Waals surface area contributed by atoms with Gasteiger partial charge >= 0.3 is 0 Å². The molecular formula is C27H33FN4O2S. The molecule has 0 saturated carbocycles. The molecule has 4 rings (SSSR count). The minimum Gasteiger partial charge on any atom is -0.379 e. The van der Waals surface area contributed by atoms with Crippen molar-refractivity contribution in [3.63, 3.8) is 0 Å². The summed E-state index contributed by atoms with van der Waals surface area (Å²) >= 11 is 0. The van der Waals surface area contributed by atoms with E-state index in [1.807, 2.05) is 64.0 Å². The summed E-state index contributed by atoms with van der Waals surface area (Å²) in [6.45, 7) is 7.53. The highest BCUT2D eigenvalue weighted by Gasteiger charge is 2.37. The summed E-state index contributed by atoms with van der Waals surface area (Å²) in [5, 5.41) is 11.4. The first-order chi connectivity index (χ1) is 16.4. The maximum atomic E-state index is 14.4. The van der Waals surface area contributed by atoms with Crippen LogP contribution in [-0.2, 0) is 14.7 Å². The number of nitrogens with zero attached hydrogens (tertiary/aromatic N) is 2. The van der Waals surface area contributed by atoms with E-state index in [9.17, 15) is 13.4 Å². The largest absolute Gasteiger partial charge is 0.379 e. The summed E-state index contributed by atoms with van der Waals surface area (Å²) in [5.41, 5.74) is 3.10. The second kappa shape index (κ2) is 9.24. The highest BCUT2D eigenvalue weighted by Crippen LogP contribution is 2.39. The van der Waals surface area contributed by atoms with Gasteiger partial charge in [0.2, 0.25) is 0 Å². The minimum absolute atomic E-state index is 0.0512. The third kappa shape index (κ3) is 4.52. The van der Waals surface area contributed by atoms with Crippen LogP contribution in [-0.4, -0.2) is 36.2 Å². The molecule has 3 aromatic rings. The lowest BCUT2D eigenvalue weighted by molar-refractivity contribution is -0.121. The summed E-state index contributed by atoms with van der Waals surface area (Å²) in [4.78, 5) is 16.0. The average molecular weight is 497 g/mol. The first-order valence-corrected chi connectivity index (χ1v) is 13.4. The van der Waals surface area contributed by atoms with E-state index in [1.54, 1.807) is 19.1 Å². The van der Waals surface area contributed by atoms with E-state index in [-0.39, 0.29) is 17.5 Å². The van der Waals surface area contributed by atoms with Gasteiger partial charge in [-0.3, -0.25) is 4.79 Å². The monoisotopic (exact) mass is 496 g/mol. The van der Waals surface area contributed by atoms with E-state index in [0.717, 1.165) is 27.7 Å². The van der Waals surface area contributed by atoms with Crippen LogP contribution in [0.25, 0.3) is 10.8 Å². The molecule has 186 valence electrons. The molecule has 3 N–H and O–H groups in total. The van der Waals surface area contributed by atoms with Crippen molar-refractivity contribution < 1.29 is 13.4 Å². The van der Waals surface area contributed by atoms with Crippen LogP contribution in [0.4, 0.5) is 15.8 Å². The third-order valence-corrected chi connectivity index (χ3v) is 8.27. The van der Waals surface area contributed by atoms with Crippen molar-refractivity contribution in [2.45, 2.75) is 56.5 Å². The van der Waals surface area contributed by atoms with Crippen LogP contribution >= 0.6 is 0 Å². The number of nitrogens with one attached hydrogen (secondary N) is 1. The Labute approximate surface area is 207 Å². The normalized spacial score (nSPS) is 21.7. The predicted octanol–water partition coefficient (Wildman–Crippen LogP) is 5.42. The molecule has 0 saturated heterocycles. The maximum absolute atomic E-state index is 14.4. The van der Waals surface area contributed by atoms with Crippen molar-refractivity contribution in [2.24, 2.45) is 9.50 Å². The van der Waals surface area contributed by atoms with Gasteiger partial charge in [-0.15, -0.1) is 0 Å². The first-order valence-electron chi connectivity index (χ1n) is 11.8. The smallest absolute Gasteiger partial charge is 0.167 e. The van der Waals surface area contributed by atoms with Gasteiger partial charge in [-0.1, -0.05) is 45.0 Å². The Hall–Kier alpha value is -2.97. The van der Waals surface area contributed by atoms with Crippen molar-refractivity contribution >= 4 is 37.8 Å². The van der Waals surface area contributed by atoms with Gasteiger partial charge in [0, 0.05) is 42.2 Å². The standard InChI is InChI=1S/C27H33FN4O2S/c1-15(2)21-13-18(28)14-22-16(3)27(33)25(17(4)30-26(21)22)31-35(29,34)24-12-8-9-19-20(24)10-7-11-23(19)32(5)6/h7-17,25,30H,1-6H3,(H2,29,31,34). The number of hydrogen-bond acceptors (Lipinski definition) is 5. The Morgan fingerprint density at radius 2 is 1.74 bits per heavy atom. The lowest BCUT2D eigenvalue weighted by atomic mass is 9.89. The lowest BCUT2D eigenvalue weighted by Crippen LogP contribution is -2.37. The quantitative estimate of drug-likeness (QED) is 0.505. The number of rotatable bonds is 4. The van der Waals surface area contributed by atoms with E-state index < -0.39 is 27.9 Å². The van der Waals surface area contributed by atoms with Crippen LogP contribution in [0.15, 0.2) is 57.8 Å². The number of benzene rings is 3. The molecule has 0 fully saturated rings. The fourth-order valence-corrected chi connectivity index (χ4v) is 6.36. The van der Waals surface area contributed by atoms with Crippen molar-refractivity contribution in [3.8, 4) is 0 Å². The maximum Gasteiger partial charge on any atom is 0.167 e. The molecular weight excluding hydrogens is 463 g/mol. The van der Waals surface area contributed by atoms with E-state index in [4.69, 9.17) is 5.14 Å². The van der Waals surface area contributed by atoms with Crippen molar-refractivity contribution in [2.75, 3.05) is 24.3 Å². The molecule has 0 radical (unpaired) electrons. The van der Waals surface area contributed by atoms with Crippen LogP contribution < -0.4 is 15.4 Å². The Kier molecular flexibility index (Phi) is 6.64. The Morgan fingerprint density at radius 3 is 2.40 bits per heavy atom. The molecule has 0 aromatic heterocycles. The number of fused-ring (bicyclic) bond motifs is 2. The van der Waals surface area contributed by atoms with Crippen LogP contribution in [0.1, 0.15) is 50.7 Å². The molecule has 4 atom stereocenters. The van der Waals surface area contributed by atoms with Gasteiger partial charge in [0.1, 0.15) is 21.8 Å². The first kappa shape index (κ1) is 25.1. The van der Waals surface area contributed by atoms with Gasteiger partial charge in [-0.2, -0.15) is 0 Å². The Bertz CT molecular complexity index is 1430. The Morgan fingerprint density at radius 1 is 1.09 bits per heavy atom. The molecule has 3 aromatic carbocycles. The highest BCUT2D eigenvalue weighted by atomic mass is 32.2. The van der Waals surface area contributed by atoms with Crippen LogP contribution in [0.5, 0.6) is 0 Å². The molecule has 0 bridgehead atoms. The SMILES string of the molecule is CC(C)c1cc(F)cc2c1NC(C)C(N=S(N)(=O)c1cccc3c(N(C)C)cccc13)C(=O)C2C. The summed E-state index contributed by atoms with van der Waals surface area (Å²) in [7, 11) is 0.447. The number of nitrogens with two attached hydrogens (primary N) is 1. The summed E-state index contributed by atoms with van der Waals surface area (Å²) in [6.07, 6.45) is 0. The molecule has 1 aliphatic heterocycles. The van der Waals surface area contributed by atoms with Gasteiger partial charge < -0.3 is 10.2 Å². The average Bonchev–Trinajstić information content (AvgIpc) is 2.88. The molecule has 0 aliphatic carbocycles. The lowest BCUT2D eigenvalue weighted by Gasteiger charge is -2.22. The number of carbonyl (C=O) groups is 1. The van der Waals surface area contributed by atoms with Crippen LogP contribution in [0.3, 0.4) is 0 Å². The fourth-order valence-electron chi connectivity index (χ4n) is 4.85. The van der Waals surface area contributed by atoms with E-state index in [2.05, 4.69) is 9.68 Å². The summed E-state index contributed by atoms with van der Waals surface area (Å²) < 4.78 is 32.9. The summed E-state index contributed by atoms with van der Waals surface area (Å²) in [6, 6.07) is 12.7. The number of carbonyl (C=O) groups excluding carboxylic acids is 1.